The Bertz CT molecular complexity index is 1020. The predicted molar refractivity (Wildman–Crippen MR) is 122 cm³/mol. The van der Waals surface area contributed by atoms with E-state index in [0.717, 1.165) is 53.2 Å². The molecule has 1 aliphatic heterocycles. The molecule has 1 amide bonds. The summed E-state index contributed by atoms with van der Waals surface area (Å²) in [5, 5.41) is 4.39. The van der Waals surface area contributed by atoms with E-state index in [4.69, 9.17) is 0 Å². The molecule has 2 aromatic heterocycles. The van der Waals surface area contributed by atoms with E-state index in [-0.39, 0.29) is 11.9 Å². The number of anilines is 1. The number of aryl methyl sites for hydroxylation is 1. The predicted octanol–water partition coefficient (Wildman–Crippen LogP) is 4.83. The minimum absolute atomic E-state index is 0.0361. The number of aromatic amines is 1. The van der Waals surface area contributed by atoms with E-state index < -0.39 is 0 Å². The average Bonchev–Trinajstić information content (AvgIpc) is 3.31. The van der Waals surface area contributed by atoms with Crippen molar-refractivity contribution in [1.29, 1.82) is 0 Å². The van der Waals surface area contributed by atoms with E-state index in [2.05, 4.69) is 53.1 Å². The summed E-state index contributed by atoms with van der Waals surface area (Å²) < 4.78 is 0. The number of pyridine rings is 1. The number of H-pyrrole nitrogens is 1. The van der Waals surface area contributed by atoms with Gasteiger partial charge in [-0.05, 0) is 55.9 Å². The van der Waals surface area contributed by atoms with Gasteiger partial charge < -0.3 is 15.2 Å². The van der Waals surface area contributed by atoms with Crippen LogP contribution in [-0.2, 0) is 4.79 Å². The Hall–Kier alpha value is -2.47. The highest BCUT2D eigenvalue weighted by atomic mass is 32.2. The SMILES string of the molecule is C/C=C1/CC(NC(=O)C2=CN(c3ccnc4[nH]cc(C)c34)CCS2)C/C1=C/CC. The van der Waals surface area contributed by atoms with Gasteiger partial charge in [0, 0.05) is 42.3 Å². The van der Waals surface area contributed by atoms with Gasteiger partial charge in [-0.1, -0.05) is 19.1 Å². The van der Waals surface area contributed by atoms with Crippen LogP contribution in [0.4, 0.5) is 5.69 Å². The number of hydrogen-bond donors (Lipinski definition) is 2. The molecule has 3 heterocycles. The smallest absolute Gasteiger partial charge is 0.259 e. The van der Waals surface area contributed by atoms with Gasteiger partial charge in [-0.2, -0.15) is 0 Å². The molecule has 0 aromatic carbocycles. The third-order valence-corrected chi connectivity index (χ3v) is 6.61. The number of aromatic nitrogens is 2. The van der Waals surface area contributed by atoms with Crippen LogP contribution in [0.5, 0.6) is 0 Å². The third-order valence-electron chi connectivity index (χ3n) is 5.62. The van der Waals surface area contributed by atoms with E-state index in [1.54, 1.807) is 11.8 Å². The molecule has 4 rings (SSSR count). The Kier molecular flexibility index (Phi) is 5.81. The van der Waals surface area contributed by atoms with Gasteiger partial charge in [-0.25, -0.2) is 4.98 Å². The van der Waals surface area contributed by atoms with Crippen LogP contribution in [0, 0.1) is 6.92 Å². The largest absolute Gasteiger partial charge is 0.348 e. The van der Waals surface area contributed by atoms with Gasteiger partial charge in [-0.3, -0.25) is 4.79 Å². The molecule has 1 unspecified atom stereocenters. The number of nitrogens with one attached hydrogen (secondary N) is 2. The summed E-state index contributed by atoms with van der Waals surface area (Å²) in [6, 6.07) is 2.21. The third kappa shape index (κ3) is 3.99. The van der Waals surface area contributed by atoms with Crippen molar-refractivity contribution in [3.05, 3.63) is 58.4 Å². The van der Waals surface area contributed by atoms with Crippen LogP contribution in [0.25, 0.3) is 11.0 Å². The lowest BCUT2D eigenvalue weighted by Crippen LogP contribution is -2.35. The van der Waals surface area contributed by atoms with Crippen molar-refractivity contribution in [2.45, 2.75) is 46.1 Å². The number of rotatable bonds is 4. The Morgan fingerprint density at radius 2 is 2.24 bits per heavy atom. The van der Waals surface area contributed by atoms with E-state index in [1.807, 2.05) is 24.7 Å². The highest BCUT2D eigenvalue weighted by Gasteiger charge is 2.27. The molecule has 5 nitrogen and oxygen atoms in total. The molecule has 2 N–H and O–H groups in total. The first-order valence-corrected chi connectivity index (χ1v) is 11.3. The van der Waals surface area contributed by atoms with Gasteiger partial charge in [0.05, 0.1) is 10.6 Å². The molecule has 0 radical (unpaired) electrons. The molecule has 1 fully saturated rings. The van der Waals surface area contributed by atoms with Gasteiger partial charge >= 0.3 is 0 Å². The fourth-order valence-corrected chi connectivity index (χ4v) is 5.14. The molecule has 0 saturated heterocycles. The summed E-state index contributed by atoms with van der Waals surface area (Å²) in [5.74, 6) is 0.923. The van der Waals surface area contributed by atoms with Crippen molar-refractivity contribution in [2.75, 3.05) is 17.2 Å². The minimum atomic E-state index is 0.0361. The number of hydrogen-bond acceptors (Lipinski definition) is 4. The van der Waals surface area contributed by atoms with Gasteiger partial charge in [-0.15, -0.1) is 11.8 Å². The normalized spacial score (nSPS) is 22.5. The van der Waals surface area contributed by atoms with Crippen LogP contribution in [0.1, 0.15) is 38.7 Å². The summed E-state index contributed by atoms with van der Waals surface area (Å²) in [5.41, 5.74) is 5.91. The Morgan fingerprint density at radius 1 is 1.41 bits per heavy atom. The van der Waals surface area contributed by atoms with Gasteiger partial charge in [0.15, 0.2) is 0 Å². The molecule has 0 spiro atoms. The van der Waals surface area contributed by atoms with Gasteiger partial charge in [0.25, 0.3) is 5.91 Å². The molecule has 1 saturated carbocycles. The zero-order valence-electron chi connectivity index (χ0n) is 17.3. The lowest BCUT2D eigenvalue weighted by atomic mass is 10.1. The van der Waals surface area contributed by atoms with Crippen LogP contribution in [0.15, 0.2) is 52.9 Å². The van der Waals surface area contributed by atoms with E-state index in [9.17, 15) is 4.79 Å². The van der Waals surface area contributed by atoms with Crippen molar-refractivity contribution >= 4 is 34.4 Å². The Labute approximate surface area is 176 Å². The molecule has 2 aromatic rings. The van der Waals surface area contributed by atoms with Crippen LogP contribution < -0.4 is 10.2 Å². The van der Waals surface area contributed by atoms with Crippen molar-refractivity contribution in [1.82, 2.24) is 15.3 Å². The van der Waals surface area contributed by atoms with E-state index in [1.165, 1.54) is 16.7 Å². The molecule has 152 valence electrons. The first kappa shape index (κ1) is 19.8. The second-order valence-corrected chi connectivity index (χ2v) is 8.73. The molecule has 6 heteroatoms. The number of nitrogens with zero attached hydrogens (tertiary/aromatic N) is 2. The monoisotopic (exact) mass is 408 g/mol. The second-order valence-electron chi connectivity index (χ2n) is 7.59. The standard InChI is InChI=1S/C23H28N4OS/c1-4-6-17-12-18(11-16(17)5-2)26-23(28)20-14-27(9-10-29-20)19-7-8-24-22-21(19)15(3)13-25-22/h5-8,13-14,18H,4,9-12H2,1-3H3,(H,24,25)(H,26,28)/b16-5-,17-6-. The fourth-order valence-electron chi connectivity index (χ4n) is 4.24. The summed E-state index contributed by atoms with van der Waals surface area (Å²) >= 11 is 1.64. The lowest BCUT2D eigenvalue weighted by molar-refractivity contribution is -0.117. The highest BCUT2D eigenvalue weighted by Crippen LogP contribution is 2.34. The first-order valence-electron chi connectivity index (χ1n) is 10.3. The van der Waals surface area contributed by atoms with Crippen LogP contribution >= 0.6 is 11.8 Å². The molecule has 29 heavy (non-hydrogen) atoms. The van der Waals surface area contributed by atoms with Crippen molar-refractivity contribution in [2.24, 2.45) is 0 Å². The summed E-state index contributed by atoms with van der Waals surface area (Å²) in [6.07, 6.45) is 13.1. The van der Waals surface area contributed by atoms with Crippen molar-refractivity contribution < 1.29 is 4.79 Å². The zero-order valence-corrected chi connectivity index (χ0v) is 18.1. The minimum Gasteiger partial charge on any atom is -0.348 e. The first-order chi connectivity index (χ1) is 14.1. The summed E-state index contributed by atoms with van der Waals surface area (Å²) in [4.78, 5) is 23.6. The molecular formula is C23H28N4OS. The molecular weight excluding hydrogens is 380 g/mol. The maximum absolute atomic E-state index is 13.0. The number of carbonyl (C=O) groups excluding carboxylic acids is 1. The Morgan fingerprint density at radius 3 is 3.03 bits per heavy atom. The number of allylic oxidation sites excluding steroid dienone is 2. The van der Waals surface area contributed by atoms with Crippen LogP contribution in [0.2, 0.25) is 0 Å². The lowest BCUT2D eigenvalue weighted by Gasteiger charge is -2.27. The van der Waals surface area contributed by atoms with Crippen LogP contribution in [0.3, 0.4) is 0 Å². The molecule has 1 atom stereocenters. The van der Waals surface area contributed by atoms with Crippen LogP contribution in [-0.4, -0.2) is 34.2 Å². The average molecular weight is 409 g/mol. The maximum Gasteiger partial charge on any atom is 0.259 e. The second kappa shape index (κ2) is 8.49. The quantitative estimate of drug-likeness (QED) is 0.761. The van der Waals surface area contributed by atoms with Gasteiger partial charge in [0.1, 0.15) is 5.65 Å². The number of amides is 1. The summed E-state index contributed by atoms with van der Waals surface area (Å²) in [7, 11) is 0. The van der Waals surface area contributed by atoms with Crippen molar-refractivity contribution in [3.8, 4) is 0 Å². The summed E-state index contributed by atoms with van der Waals surface area (Å²) in [6.45, 7) is 7.20. The number of carbonyl (C=O) groups is 1. The van der Waals surface area contributed by atoms with Gasteiger partial charge in [0.2, 0.25) is 0 Å². The topological polar surface area (TPSA) is 61.0 Å². The van der Waals surface area contributed by atoms with Crippen molar-refractivity contribution in [3.63, 3.8) is 0 Å². The van der Waals surface area contributed by atoms with E-state index in [0.29, 0.717) is 0 Å². The number of thioether (sulfide) groups is 1. The highest BCUT2D eigenvalue weighted by molar-refractivity contribution is 8.04. The molecule has 1 aliphatic carbocycles. The van der Waals surface area contributed by atoms with E-state index >= 15 is 0 Å². The number of fused-ring (bicyclic) bond motifs is 1. The molecule has 0 bridgehead atoms. The maximum atomic E-state index is 13.0. The Balaban J connectivity index is 1.53. The zero-order chi connectivity index (χ0) is 20.4. The molecule has 2 aliphatic rings. The fraction of sp³-hybridized carbons (Fsp3) is 0.391.